The van der Waals surface area contributed by atoms with E-state index < -0.39 is 0 Å². The SMILES string of the molecule is CC1(C)COCN1C(=O)C1CN(c2cc(-n3cncn3)ncn2)C1. The predicted octanol–water partition coefficient (Wildman–Crippen LogP) is 0.0884. The summed E-state index contributed by atoms with van der Waals surface area (Å²) < 4.78 is 7.02. The highest BCUT2D eigenvalue weighted by Gasteiger charge is 2.43. The van der Waals surface area contributed by atoms with E-state index in [1.165, 1.54) is 12.7 Å². The molecular weight excluding hydrogens is 310 g/mol. The van der Waals surface area contributed by atoms with Crippen LogP contribution in [0.4, 0.5) is 5.82 Å². The monoisotopic (exact) mass is 329 g/mol. The Labute approximate surface area is 139 Å². The second kappa shape index (κ2) is 5.52. The Hall–Kier alpha value is -2.55. The number of hydrogen-bond acceptors (Lipinski definition) is 7. The van der Waals surface area contributed by atoms with Crippen molar-refractivity contribution in [2.75, 3.05) is 31.3 Å². The lowest BCUT2D eigenvalue weighted by Gasteiger charge is -2.42. The first-order valence-electron chi connectivity index (χ1n) is 7.86. The zero-order valence-electron chi connectivity index (χ0n) is 13.7. The van der Waals surface area contributed by atoms with E-state index in [1.807, 2.05) is 24.8 Å². The fraction of sp³-hybridized carbons (Fsp3) is 0.533. The van der Waals surface area contributed by atoms with E-state index in [-0.39, 0.29) is 17.4 Å². The van der Waals surface area contributed by atoms with Gasteiger partial charge in [-0.3, -0.25) is 4.79 Å². The molecule has 2 aromatic heterocycles. The van der Waals surface area contributed by atoms with Gasteiger partial charge in [-0.2, -0.15) is 5.10 Å². The number of aromatic nitrogens is 5. The maximum Gasteiger partial charge on any atom is 0.231 e. The largest absolute Gasteiger partial charge is 0.359 e. The smallest absolute Gasteiger partial charge is 0.231 e. The fourth-order valence-corrected chi connectivity index (χ4v) is 3.01. The van der Waals surface area contributed by atoms with Crippen LogP contribution in [0, 0.1) is 5.92 Å². The normalized spacial score (nSPS) is 20.2. The summed E-state index contributed by atoms with van der Waals surface area (Å²) in [5, 5.41) is 4.06. The number of carbonyl (C=O) groups is 1. The molecule has 126 valence electrons. The molecule has 0 atom stereocenters. The number of amides is 1. The highest BCUT2D eigenvalue weighted by Crippen LogP contribution is 2.29. The lowest BCUT2D eigenvalue weighted by molar-refractivity contribution is -0.140. The first-order valence-corrected chi connectivity index (χ1v) is 7.86. The zero-order valence-corrected chi connectivity index (χ0v) is 13.7. The summed E-state index contributed by atoms with van der Waals surface area (Å²) in [5.41, 5.74) is -0.229. The van der Waals surface area contributed by atoms with Crippen LogP contribution < -0.4 is 4.90 Å². The summed E-state index contributed by atoms with van der Waals surface area (Å²) >= 11 is 0. The van der Waals surface area contributed by atoms with Crippen LogP contribution in [-0.4, -0.2) is 67.5 Å². The minimum absolute atomic E-state index is 0.0178. The van der Waals surface area contributed by atoms with Crippen molar-refractivity contribution in [3.8, 4) is 5.82 Å². The van der Waals surface area contributed by atoms with Crippen LogP contribution in [0.1, 0.15) is 13.8 Å². The van der Waals surface area contributed by atoms with Crippen LogP contribution in [-0.2, 0) is 9.53 Å². The molecular formula is C15H19N7O2. The molecule has 4 rings (SSSR count). The van der Waals surface area contributed by atoms with Gasteiger partial charge in [-0.15, -0.1) is 0 Å². The average molecular weight is 329 g/mol. The van der Waals surface area contributed by atoms with Gasteiger partial charge in [-0.05, 0) is 13.8 Å². The van der Waals surface area contributed by atoms with Gasteiger partial charge in [0.1, 0.15) is 31.5 Å². The van der Waals surface area contributed by atoms with Crippen LogP contribution in [0.15, 0.2) is 25.0 Å². The third kappa shape index (κ3) is 2.50. The molecule has 2 fully saturated rings. The molecule has 2 aromatic rings. The van der Waals surface area contributed by atoms with E-state index in [4.69, 9.17) is 4.74 Å². The molecule has 2 saturated heterocycles. The Morgan fingerprint density at radius 1 is 1.25 bits per heavy atom. The third-order valence-electron chi connectivity index (χ3n) is 4.52. The van der Waals surface area contributed by atoms with Crippen molar-refractivity contribution in [3.05, 3.63) is 25.0 Å². The van der Waals surface area contributed by atoms with Gasteiger partial charge in [0.15, 0.2) is 5.82 Å². The maximum atomic E-state index is 12.6. The Bertz CT molecular complexity index is 740. The van der Waals surface area contributed by atoms with Gasteiger partial charge >= 0.3 is 0 Å². The van der Waals surface area contributed by atoms with Crippen molar-refractivity contribution in [3.63, 3.8) is 0 Å². The summed E-state index contributed by atoms with van der Waals surface area (Å²) in [6, 6.07) is 1.85. The minimum atomic E-state index is -0.229. The standard InChI is InChI=1S/C15H19N7O2/c1-15(2)6-24-10-21(15)14(23)11-4-20(5-11)12-3-13(18-8-17-12)22-9-16-7-19-22/h3,7-9,11H,4-6,10H2,1-2H3. The highest BCUT2D eigenvalue weighted by molar-refractivity contribution is 5.82. The van der Waals surface area contributed by atoms with Crippen LogP contribution in [0.5, 0.6) is 0 Å². The van der Waals surface area contributed by atoms with E-state index in [9.17, 15) is 4.79 Å². The number of anilines is 1. The summed E-state index contributed by atoms with van der Waals surface area (Å²) in [6.45, 7) is 6.33. The van der Waals surface area contributed by atoms with Crippen molar-refractivity contribution in [2.24, 2.45) is 5.92 Å². The van der Waals surface area contributed by atoms with Gasteiger partial charge in [-0.25, -0.2) is 19.6 Å². The van der Waals surface area contributed by atoms with Crippen molar-refractivity contribution in [2.45, 2.75) is 19.4 Å². The maximum absolute atomic E-state index is 12.6. The number of rotatable bonds is 3. The quantitative estimate of drug-likeness (QED) is 0.788. The molecule has 2 aliphatic rings. The topological polar surface area (TPSA) is 89.3 Å². The zero-order chi connectivity index (χ0) is 16.7. The van der Waals surface area contributed by atoms with Gasteiger partial charge in [0.25, 0.3) is 0 Å². The molecule has 0 spiro atoms. The summed E-state index contributed by atoms with van der Waals surface area (Å²) in [5.74, 6) is 1.58. The second-order valence-electron chi connectivity index (χ2n) is 6.73. The van der Waals surface area contributed by atoms with E-state index in [2.05, 4.69) is 25.0 Å². The summed E-state index contributed by atoms with van der Waals surface area (Å²) in [4.78, 5) is 28.9. The number of carbonyl (C=O) groups excluding carboxylic acids is 1. The minimum Gasteiger partial charge on any atom is -0.359 e. The van der Waals surface area contributed by atoms with Crippen LogP contribution in [0.3, 0.4) is 0 Å². The average Bonchev–Trinajstić information content (AvgIpc) is 3.15. The molecule has 0 radical (unpaired) electrons. The lowest BCUT2D eigenvalue weighted by Crippen LogP contribution is -2.57. The highest BCUT2D eigenvalue weighted by atomic mass is 16.5. The molecule has 0 unspecified atom stereocenters. The van der Waals surface area contributed by atoms with Crippen molar-refractivity contribution >= 4 is 11.7 Å². The van der Waals surface area contributed by atoms with E-state index in [1.54, 1.807) is 11.0 Å². The Morgan fingerprint density at radius 3 is 2.71 bits per heavy atom. The predicted molar refractivity (Wildman–Crippen MR) is 84.4 cm³/mol. The molecule has 24 heavy (non-hydrogen) atoms. The molecule has 9 nitrogen and oxygen atoms in total. The van der Waals surface area contributed by atoms with Crippen molar-refractivity contribution in [1.82, 2.24) is 29.6 Å². The molecule has 4 heterocycles. The van der Waals surface area contributed by atoms with E-state index in [0.29, 0.717) is 32.2 Å². The number of ether oxygens (including phenoxy) is 1. The first kappa shape index (κ1) is 15.0. The Balaban J connectivity index is 1.43. The van der Waals surface area contributed by atoms with E-state index >= 15 is 0 Å². The second-order valence-corrected chi connectivity index (χ2v) is 6.73. The molecule has 0 aliphatic carbocycles. The Kier molecular flexibility index (Phi) is 3.45. The van der Waals surface area contributed by atoms with Gasteiger partial charge in [0, 0.05) is 19.2 Å². The van der Waals surface area contributed by atoms with Crippen LogP contribution in [0.25, 0.3) is 5.82 Å². The van der Waals surface area contributed by atoms with Crippen molar-refractivity contribution < 1.29 is 9.53 Å². The molecule has 0 N–H and O–H groups in total. The van der Waals surface area contributed by atoms with Crippen molar-refractivity contribution in [1.29, 1.82) is 0 Å². The van der Waals surface area contributed by atoms with Gasteiger partial charge in [0.2, 0.25) is 5.91 Å². The van der Waals surface area contributed by atoms with Gasteiger partial charge in [-0.1, -0.05) is 0 Å². The lowest BCUT2D eigenvalue weighted by atomic mass is 9.95. The molecule has 0 bridgehead atoms. The van der Waals surface area contributed by atoms with Crippen LogP contribution in [0.2, 0.25) is 0 Å². The van der Waals surface area contributed by atoms with Gasteiger partial charge in [0.05, 0.1) is 18.1 Å². The summed E-state index contributed by atoms with van der Waals surface area (Å²) in [7, 11) is 0. The number of nitrogens with zero attached hydrogens (tertiary/aromatic N) is 7. The fourth-order valence-electron chi connectivity index (χ4n) is 3.01. The third-order valence-corrected chi connectivity index (χ3v) is 4.52. The van der Waals surface area contributed by atoms with Gasteiger partial charge < -0.3 is 14.5 Å². The number of hydrogen-bond donors (Lipinski definition) is 0. The van der Waals surface area contributed by atoms with Crippen LogP contribution >= 0.6 is 0 Å². The van der Waals surface area contributed by atoms with E-state index in [0.717, 1.165) is 5.82 Å². The Morgan fingerprint density at radius 2 is 2.04 bits per heavy atom. The summed E-state index contributed by atoms with van der Waals surface area (Å²) in [6.07, 6.45) is 4.54. The molecule has 0 saturated carbocycles. The molecule has 2 aliphatic heterocycles. The molecule has 9 heteroatoms. The molecule has 1 amide bonds. The molecule has 0 aromatic carbocycles. The first-order chi connectivity index (χ1) is 11.5.